The van der Waals surface area contributed by atoms with Gasteiger partial charge in [0, 0.05) is 37.1 Å². The van der Waals surface area contributed by atoms with Crippen LogP contribution in [0.3, 0.4) is 0 Å². The number of hydrogen-bond donors (Lipinski definition) is 1. The Bertz CT molecular complexity index is 1460. The molecule has 5 rings (SSSR count). The average Bonchev–Trinajstić information content (AvgIpc) is 3.19. The zero-order valence-electron chi connectivity index (χ0n) is 22.1. The van der Waals surface area contributed by atoms with Crippen LogP contribution in [0.2, 0.25) is 0 Å². The van der Waals surface area contributed by atoms with Crippen LogP contribution >= 0.6 is 0 Å². The Hall–Kier alpha value is -4.46. The molecule has 2 heterocycles. The smallest absolute Gasteiger partial charge is 0.300 e. The van der Waals surface area contributed by atoms with Crippen molar-refractivity contribution in [3.63, 3.8) is 0 Å². The van der Waals surface area contributed by atoms with E-state index in [2.05, 4.69) is 0 Å². The third-order valence-electron chi connectivity index (χ3n) is 6.97. The van der Waals surface area contributed by atoms with Gasteiger partial charge in [-0.3, -0.25) is 14.5 Å². The third-order valence-corrected chi connectivity index (χ3v) is 6.97. The van der Waals surface area contributed by atoms with E-state index in [-0.39, 0.29) is 11.3 Å². The summed E-state index contributed by atoms with van der Waals surface area (Å²) >= 11 is 0. The molecule has 0 radical (unpaired) electrons. The Morgan fingerprint density at radius 2 is 1.63 bits per heavy atom. The lowest BCUT2D eigenvalue weighted by Gasteiger charge is -2.27. The van der Waals surface area contributed by atoms with Gasteiger partial charge in [-0.2, -0.15) is 0 Å². The first-order valence-electron chi connectivity index (χ1n) is 12.3. The number of carbonyl (C=O) groups excluding carboxylic acids is 2. The molecule has 1 amide bonds. The van der Waals surface area contributed by atoms with Gasteiger partial charge in [0.15, 0.2) is 11.5 Å². The van der Waals surface area contributed by atoms with Crippen LogP contribution < -0.4 is 24.0 Å². The highest BCUT2D eigenvalue weighted by Gasteiger charge is 2.47. The van der Waals surface area contributed by atoms with Gasteiger partial charge in [-0.05, 0) is 66.9 Å². The van der Waals surface area contributed by atoms with Crippen molar-refractivity contribution in [2.75, 3.05) is 44.2 Å². The van der Waals surface area contributed by atoms with Gasteiger partial charge in [-0.1, -0.05) is 12.1 Å². The molecular formula is C30H30N2O6. The van der Waals surface area contributed by atoms with Gasteiger partial charge < -0.3 is 24.2 Å². The van der Waals surface area contributed by atoms with Crippen LogP contribution in [0.1, 0.15) is 28.3 Å². The number of aliphatic hydroxyl groups is 1. The predicted octanol–water partition coefficient (Wildman–Crippen LogP) is 4.78. The second-order valence-corrected chi connectivity index (χ2v) is 9.62. The van der Waals surface area contributed by atoms with E-state index in [1.165, 1.54) is 4.90 Å². The average molecular weight is 515 g/mol. The molecule has 0 spiro atoms. The molecule has 1 atom stereocenters. The summed E-state index contributed by atoms with van der Waals surface area (Å²) in [4.78, 5) is 30.5. The number of hydrogen-bond acceptors (Lipinski definition) is 7. The van der Waals surface area contributed by atoms with Crippen molar-refractivity contribution in [1.82, 2.24) is 0 Å². The molecule has 1 saturated heterocycles. The Labute approximate surface area is 221 Å². The van der Waals surface area contributed by atoms with Crippen molar-refractivity contribution in [1.29, 1.82) is 0 Å². The third kappa shape index (κ3) is 4.22. The summed E-state index contributed by atoms with van der Waals surface area (Å²) in [6.45, 7) is 4.52. The Balaban J connectivity index is 1.71. The summed E-state index contributed by atoms with van der Waals surface area (Å²) in [5, 5.41) is 11.6. The van der Waals surface area contributed by atoms with E-state index in [1.807, 2.05) is 63.2 Å². The molecule has 8 heteroatoms. The van der Waals surface area contributed by atoms with E-state index in [4.69, 9.17) is 14.2 Å². The number of ketones is 1. The van der Waals surface area contributed by atoms with Gasteiger partial charge in [0.1, 0.15) is 24.7 Å². The summed E-state index contributed by atoms with van der Waals surface area (Å²) in [5.74, 6) is 0.0338. The second-order valence-electron chi connectivity index (χ2n) is 9.62. The Kier molecular flexibility index (Phi) is 6.48. The Morgan fingerprint density at radius 1 is 0.947 bits per heavy atom. The summed E-state index contributed by atoms with van der Waals surface area (Å²) in [5.41, 5.74) is 4.14. The molecule has 2 aliphatic heterocycles. The number of anilines is 2. The lowest BCUT2D eigenvalue weighted by atomic mass is 9.92. The number of Topliss-reactive ketones (excluding diaryl/α,β-unsaturated/α-hetero) is 1. The maximum atomic E-state index is 13.6. The van der Waals surface area contributed by atoms with Crippen LogP contribution in [0.4, 0.5) is 11.4 Å². The van der Waals surface area contributed by atoms with E-state index >= 15 is 0 Å². The van der Waals surface area contributed by atoms with Gasteiger partial charge in [0.25, 0.3) is 11.7 Å². The monoisotopic (exact) mass is 514 g/mol. The van der Waals surface area contributed by atoms with Gasteiger partial charge in [0.2, 0.25) is 0 Å². The number of benzene rings is 3. The fourth-order valence-electron chi connectivity index (χ4n) is 4.96. The molecule has 8 nitrogen and oxygen atoms in total. The summed E-state index contributed by atoms with van der Waals surface area (Å²) in [7, 11) is 5.45. The summed E-state index contributed by atoms with van der Waals surface area (Å²) in [6, 6.07) is 15.5. The quantitative estimate of drug-likeness (QED) is 0.298. The summed E-state index contributed by atoms with van der Waals surface area (Å²) < 4.78 is 16.8. The zero-order chi connectivity index (χ0) is 27.1. The van der Waals surface area contributed by atoms with Crippen LogP contribution in [-0.4, -0.2) is 51.2 Å². The van der Waals surface area contributed by atoms with E-state index in [0.717, 1.165) is 16.8 Å². The minimum Gasteiger partial charge on any atom is -0.507 e. The number of aryl methyl sites for hydroxylation is 2. The minimum absolute atomic E-state index is 0.0233. The number of fused-ring (bicyclic) bond motifs is 1. The van der Waals surface area contributed by atoms with Crippen molar-refractivity contribution >= 4 is 28.8 Å². The van der Waals surface area contributed by atoms with E-state index < -0.39 is 17.7 Å². The molecule has 0 saturated carbocycles. The molecule has 1 unspecified atom stereocenters. The molecule has 0 aromatic heterocycles. The first kappa shape index (κ1) is 25.2. The first-order chi connectivity index (χ1) is 18.2. The van der Waals surface area contributed by atoms with Crippen LogP contribution in [0.25, 0.3) is 5.76 Å². The number of amides is 1. The van der Waals surface area contributed by atoms with Crippen molar-refractivity contribution in [3.8, 4) is 17.2 Å². The molecule has 0 aliphatic carbocycles. The first-order valence-corrected chi connectivity index (χ1v) is 12.3. The molecule has 3 aromatic rings. The molecule has 3 aromatic carbocycles. The van der Waals surface area contributed by atoms with Gasteiger partial charge >= 0.3 is 0 Å². The van der Waals surface area contributed by atoms with Crippen LogP contribution in [0.5, 0.6) is 17.2 Å². The lowest BCUT2D eigenvalue weighted by Crippen LogP contribution is -2.29. The number of methoxy groups -OCH3 is 1. The number of rotatable bonds is 5. The number of aliphatic hydroxyl groups excluding tert-OH is 1. The largest absolute Gasteiger partial charge is 0.507 e. The number of carbonyl (C=O) groups is 2. The maximum absolute atomic E-state index is 13.6. The molecule has 1 fully saturated rings. The van der Waals surface area contributed by atoms with E-state index in [0.29, 0.717) is 47.3 Å². The lowest BCUT2D eigenvalue weighted by molar-refractivity contribution is -0.132. The zero-order valence-corrected chi connectivity index (χ0v) is 22.1. The van der Waals surface area contributed by atoms with E-state index in [9.17, 15) is 14.7 Å². The topological polar surface area (TPSA) is 88.5 Å². The molecule has 196 valence electrons. The molecule has 2 aliphatic rings. The highest BCUT2D eigenvalue weighted by Crippen LogP contribution is 2.45. The van der Waals surface area contributed by atoms with E-state index in [1.54, 1.807) is 31.4 Å². The molecule has 0 bridgehead atoms. The highest BCUT2D eigenvalue weighted by atomic mass is 16.6. The van der Waals surface area contributed by atoms with Crippen molar-refractivity contribution in [2.24, 2.45) is 0 Å². The molecule has 38 heavy (non-hydrogen) atoms. The van der Waals surface area contributed by atoms with Gasteiger partial charge in [-0.15, -0.1) is 0 Å². The standard InChI is InChI=1S/C30H30N2O6/c1-17-15-24(36-5)18(2)14-22(17)28(33)26-27(19-6-8-20(9-7-19)31(3)4)32(30(35)29(26)34)21-10-11-23-25(16-21)38-13-12-37-23/h6-11,14-16,27,33H,12-13H2,1-5H3/b28-26+. The summed E-state index contributed by atoms with van der Waals surface area (Å²) in [6.07, 6.45) is 0. The Morgan fingerprint density at radius 3 is 2.29 bits per heavy atom. The highest BCUT2D eigenvalue weighted by molar-refractivity contribution is 6.51. The van der Waals surface area contributed by atoms with Crippen LogP contribution in [-0.2, 0) is 9.59 Å². The van der Waals surface area contributed by atoms with Crippen LogP contribution in [0.15, 0.2) is 60.2 Å². The predicted molar refractivity (Wildman–Crippen MR) is 145 cm³/mol. The molecular weight excluding hydrogens is 484 g/mol. The van der Waals surface area contributed by atoms with Crippen LogP contribution in [0, 0.1) is 13.8 Å². The van der Waals surface area contributed by atoms with Gasteiger partial charge in [0.05, 0.1) is 18.7 Å². The SMILES string of the molecule is COc1cc(C)c(/C(O)=C2\C(=O)C(=O)N(c3ccc4c(c3)OCCO4)C2c2ccc(N(C)C)cc2)cc1C. The second kappa shape index (κ2) is 9.78. The fourth-order valence-corrected chi connectivity index (χ4v) is 4.96. The minimum atomic E-state index is -0.851. The fraction of sp³-hybridized carbons (Fsp3) is 0.267. The van der Waals surface area contributed by atoms with Crippen molar-refractivity contribution < 1.29 is 28.9 Å². The molecule has 1 N–H and O–H groups in total. The maximum Gasteiger partial charge on any atom is 0.300 e. The van der Waals surface area contributed by atoms with Gasteiger partial charge in [-0.25, -0.2) is 0 Å². The normalized spacial score (nSPS) is 18.0. The van der Waals surface area contributed by atoms with Crippen molar-refractivity contribution in [3.05, 3.63) is 82.4 Å². The number of ether oxygens (including phenoxy) is 3. The number of nitrogens with zero attached hydrogens (tertiary/aromatic N) is 2. The van der Waals surface area contributed by atoms with Crippen molar-refractivity contribution in [2.45, 2.75) is 19.9 Å².